The molecule has 36 heavy (non-hydrogen) atoms. The third-order valence-corrected chi connectivity index (χ3v) is 6.66. The molecule has 1 fully saturated rings. The monoisotopic (exact) mass is 506 g/mol. The van der Waals surface area contributed by atoms with Crippen LogP contribution >= 0.6 is 11.6 Å². The van der Waals surface area contributed by atoms with Crippen molar-refractivity contribution in [3.8, 4) is 11.5 Å². The summed E-state index contributed by atoms with van der Waals surface area (Å²) < 4.78 is 14.0. The normalized spacial score (nSPS) is 14.7. The highest BCUT2D eigenvalue weighted by Crippen LogP contribution is 2.23. The molecule has 5 rings (SSSR count). The van der Waals surface area contributed by atoms with Gasteiger partial charge in [-0.25, -0.2) is 9.78 Å². The lowest BCUT2D eigenvalue weighted by Crippen LogP contribution is -2.38. The van der Waals surface area contributed by atoms with Crippen molar-refractivity contribution < 1.29 is 19.4 Å². The van der Waals surface area contributed by atoms with Crippen LogP contribution in [0.15, 0.2) is 60.8 Å². The highest BCUT2D eigenvalue weighted by atomic mass is 35.5. The molecule has 1 aliphatic heterocycles. The summed E-state index contributed by atoms with van der Waals surface area (Å²) in [5, 5.41) is 9.94. The number of carboxylic acids is 1. The Bertz CT molecular complexity index is 1360. The molecule has 1 saturated heterocycles. The number of aromatic carboxylic acids is 1. The molecular weight excluding hydrogens is 480 g/mol. The first-order chi connectivity index (χ1) is 17.4. The summed E-state index contributed by atoms with van der Waals surface area (Å²) in [7, 11) is 1.93. The molecule has 0 unspecified atom stereocenters. The van der Waals surface area contributed by atoms with E-state index in [1.807, 2.05) is 35.9 Å². The van der Waals surface area contributed by atoms with Gasteiger partial charge in [0.15, 0.2) is 0 Å². The van der Waals surface area contributed by atoms with Crippen molar-refractivity contribution in [1.82, 2.24) is 19.4 Å². The van der Waals surface area contributed by atoms with E-state index in [-0.39, 0.29) is 11.7 Å². The Hall–Kier alpha value is -3.62. The van der Waals surface area contributed by atoms with Gasteiger partial charge < -0.3 is 19.1 Å². The number of ether oxygens (including phenoxy) is 2. The second kappa shape index (κ2) is 10.6. The zero-order chi connectivity index (χ0) is 25.1. The number of pyridine rings is 1. The molecule has 2 aromatic carbocycles. The van der Waals surface area contributed by atoms with Gasteiger partial charge in [0.1, 0.15) is 30.0 Å². The fraction of sp³-hybridized carbons (Fsp3) is 0.296. The van der Waals surface area contributed by atoms with E-state index in [2.05, 4.69) is 9.88 Å². The minimum Gasteiger partial charge on any atom is -0.490 e. The molecule has 0 bridgehead atoms. The first-order valence-electron chi connectivity index (χ1n) is 11.9. The van der Waals surface area contributed by atoms with Crippen molar-refractivity contribution >= 4 is 28.6 Å². The van der Waals surface area contributed by atoms with Crippen LogP contribution in [0.3, 0.4) is 0 Å². The number of nitrogens with zero attached hydrogens (tertiary/aromatic N) is 4. The number of aryl methyl sites for hydroxylation is 1. The molecule has 8 nitrogen and oxygen atoms in total. The molecule has 0 saturated carbocycles. The molecule has 0 aliphatic carbocycles. The summed E-state index contributed by atoms with van der Waals surface area (Å²) in [6.45, 7) is 2.85. The van der Waals surface area contributed by atoms with Gasteiger partial charge in [-0.15, -0.1) is 0 Å². The van der Waals surface area contributed by atoms with E-state index in [1.165, 1.54) is 0 Å². The van der Waals surface area contributed by atoms with Gasteiger partial charge in [-0.2, -0.15) is 0 Å². The van der Waals surface area contributed by atoms with E-state index in [1.54, 1.807) is 36.5 Å². The lowest BCUT2D eigenvalue weighted by atomic mass is 10.1. The topological polar surface area (TPSA) is 89.7 Å². The zero-order valence-electron chi connectivity index (χ0n) is 19.9. The van der Waals surface area contributed by atoms with Crippen molar-refractivity contribution in [3.05, 3.63) is 82.9 Å². The maximum atomic E-state index is 11.3. The second-order valence-corrected chi connectivity index (χ2v) is 9.35. The Morgan fingerprint density at radius 2 is 1.86 bits per heavy atom. The SMILES string of the molecule is Cn1c(CN2CCC(Oc3ccnc(COc4ccc(Cl)cc4)c3)CC2)nc2ccc(C(=O)O)cc21. The second-order valence-electron chi connectivity index (χ2n) is 8.91. The van der Waals surface area contributed by atoms with Crippen molar-refractivity contribution in [2.45, 2.75) is 32.1 Å². The summed E-state index contributed by atoms with van der Waals surface area (Å²) >= 11 is 5.92. The Morgan fingerprint density at radius 1 is 1.08 bits per heavy atom. The highest BCUT2D eigenvalue weighted by molar-refractivity contribution is 6.30. The molecule has 186 valence electrons. The maximum absolute atomic E-state index is 11.3. The van der Waals surface area contributed by atoms with Gasteiger partial charge in [-0.05, 0) is 61.4 Å². The van der Waals surface area contributed by atoms with E-state index in [9.17, 15) is 9.90 Å². The summed E-state index contributed by atoms with van der Waals surface area (Å²) in [4.78, 5) is 22.8. The van der Waals surface area contributed by atoms with Crippen LogP contribution in [0.5, 0.6) is 11.5 Å². The van der Waals surface area contributed by atoms with Crippen LogP contribution in [-0.2, 0) is 20.2 Å². The van der Waals surface area contributed by atoms with E-state index >= 15 is 0 Å². The third-order valence-electron chi connectivity index (χ3n) is 6.41. The number of fused-ring (bicyclic) bond motifs is 1. The Morgan fingerprint density at radius 3 is 2.61 bits per heavy atom. The summed E-state index contributed by atoms with van der Waals surface area (Å²) in [5.41, 5.74) is 2.71. The van der Waals surface area contributed by atoms with Gasteiger partial charge in [-0.1, -0.05) is 11.6 Å². The summed E-state index contributed by atoms with van der Waals surface area (Å²) in [6.07, 6.45) is 3.69. The molecule has 0 radical (unpaired) electrons. The number of carboxylic acid groups (broad SMARTS) is 1. The average molecular weight is 507 g/mol. The number of hydrogen-bond acceptors (Lipinski definition) is 6. The minimum absolute atomic E-state index is 0.132. The van der Waals surface area contributed by atoms with Crippen molar-refractivity contribution in [2.24, 2.45) is 7.05 Å². The third kappa shape index (κ3) is 5.61. The minimum atomic E-state index is -0.933. The van der Waals surface area contributed by atoms with Crippen LogP contribution in [0.25, 0.3) is 11.0 Å². The Labute approximate surface area is 214 Å². The number of hydrogen-bond donors (Lipinski definition) is 1. The van der Waals surface area contributed by atoms with Crippen LogP contribution in [0, 0.1) is 0 Å². The lowest BCUT2D eigenvalue weighted by molar-refractivity contribution is 0.0697. The van der Waals surface area contributed by atoms with Crippen LogP contribution in [-0.4, -0.2) is 49.7 Å². The summed E-state index contributed by atoms with van der Waals surface area (Å²) in [5.74, 6) is 1.52. The number of piperidine rings is 1. The van der Waals surface area contributed by atoms with E-state index < -0.39 is 5.97 Å². The molecular formula is C27H27ClN4O4. The molecule has 4 aromatic rings. The number of imidazole rings is 1. The summed E-state index contributed by atoms with van der Waals surface area (Å²) in [6, 6.07) is 16.1. The molecule has 0 atom stereocenters. The zero-order valence-corrected chi connectivity index (χ0v) is 20.7. The highest BCUT2D eigenvalue weighted by Gasteiger charge is 2.22. The van der Waals surface area contributed by atoms with Crippen molar-refractivity contribution in [3.63, 3.8) is 0 Å². The molecule has 0 amide bonds. The van der Waals surface area contributed by atoms with Crippen molar-refractivity contribution in [2.75, 3.05) is 13.1 Å². The first kappa shape index (κ1) is 24.1. The van der Waals surface area contributed by atoms with Gasteiger partial charge in [0, 0.05) is 37.4 Å². The number of likely N-dealkylation sites (tertiary alicyclic amines) is 1. The molecule has 0 spiro atoms. The predicted octanol–water partition coefficient (Wildman–Crippen LogP) is 4.94. The standard InChI is InChI=1S/C27H27ClN4O4/c1-31-25-14-18(27(33)34)2-7-24(25)30-26(31)16-32-12-9-22(10-13-32)36-23-8-11-29-20(15-23)17-35-21-5-3-19(28)4-6-21/h2-8,11,14-15,22H,9-10,12-13,16-17H2,1H3,(H,33,34). The molecule has 2 aromatic heterocycles. The lowest BCUT2D eigenvalue weighted by Gasteiger charge is -2.31. The largest absolute Gasteiger partial charge is 0.490 e. The fourth-order valence-electron chi connectivity index (χ4n) is 4.39. The van der Waals surface area contributed by atoms with E-state index in [4.69, 9.17) is 26.1 Å². The van der Waals surface area contributed by atoms with Gasteiger partial charge in [0.05, 0.1) is 28.8 Å². The van der Waals surface area contributed by atoms with Crippen LogP contribution < -0.4 is 9.47 Å². The number of carbonyl (C=O) groups is 1. The molecule has 3 heterocycles. The van der Waals surface area contributed by atoms with Crippen LogP contribution in [0.1, 0.15) is 34.7 Å². The number of rotatable bonds is 8. The average Bonchev–Trinajstić information content (AvgIpc) is 3.19. The van der Waals surface area contributed by atoms with Gasteiger partial charge >= 0.3 is 5.97 Å². The quantitative estimate of drug-likeness (QED) is 0.362. The number of aromatic nitrogens is 3. The van der Waals surface area contributed by atoms with Crippen LogP contribution in [0.2, 0.25) is 5.02 Å². The smallest absolute Gasteiger partial charge is 0.335 e. The fourth-order valence-corrected chi connectivity index (χ4v) is 4.51. The molecule has 1 aliphatic rings. The van der Waals surface area contributed by atoms with Gasteiger partial charge in [-0.3, -0.25) is 9.88 Å². The van der Waals surface area contributed by atoms with Crippen LogP contribution in [0.4, 0.5) is 0 Å². The Balaban J connectivity index is 1.14. The maximum Gasteiger partial charge on any atom is 0.335 e. The molecule has 9 heteroatoms. The predicted molar refractivity (Wildman–Crippen MR) is 137 cm³/mol. The van der Waals surface area contributed by atoms with Crippen molar-refractivity contribution in [1.29, 1.82) is 0 Å². The number of benzene rings is 2. The van der Waals surface area contributed by atoms with Gasteiger partial charge in [0.25, 0.3) is 0 Å². The van der Waals surface area contributed by atoms with E-state index in [0.717, 1.165) is 60.0 Å². The number of halogens is 1. The van der Waals surface area contributed by atoms with E-state index in [0.29, 0.717) is 18.2 Å². The molecule has 1 N–H and O–H groups in total. The Kier molecular flexibility index (Phi) is 7.06. The van der Waals surface area contributed by atoms with Gasteiger partial charge in [0.2, 0.25) is 0 Å². The first-order valence-corrected chi connectivity index (χ1v) is 12.2.